The summed E-state index contributed by atoms with van der Waals surface area (Å²) in [6.45, 7) is 3.30. The van der Waals surface area contributed by atoms with Crippen molar-refractivity contribution >= 4 is 21.9 Å². The highest BCUT2D eigenvalue weighted by atomic mass is 79.9. The number of aliphatic carboxylic acids is 1. The van der Waals surface area contributed by atoms with E-state index in [1.165, 1.54) is 6.92 Å². The fraction of sp³-hybridized carbons (Fsp3) is 0.364. The van der Waals surface area contributed by atoms with Crippen LogP contribution in [-0.2, 0) is 4.79 Å². The summed E-state index contributed by atoms with van der Waals surface area (Å²) in [6, 6.07) is 5.18. The Morgan fingerprint density at radius 2 is 2.12 bits per heavy atom. The standard InChI is InChI=1S/C11H14BrNO3/c1-6(13)9-4-3-8(12)5-10(9)16-7(2)11(14)15/h3-7H,13H2,1-2H3,(H,14,15). The molecule has 5 heteroatoms. The lowest BCUT2D eigenvalue weighted by atomic mass is 10.1. The zero-order valence-corrected chi connectivity index (χ0v) is 10.7. The first-order valence-electron chi connectivity index (χ1n) is 4.86. The van der Waals surface area contributed by atoms with Crippen molar-refractivity contribution in [1.82, 2.24) is 0 Å². The zero-order valence-electron chi connectivity index (χ0n) is 9.11. The molecule has 0 bridgehead atoms. The van der Waals surface area contributed by atoms with Gasteiger partial charge in [-0.3, -0.25) is 0 Å². The van der Waals surface area contributed by atoms with Gasteiger partial charge in [0.25, 0.3) is 0 Å². The summed E-state index contributed by atoms with van der Waals surface area (Å²) in [6.07, 6.45) is -0.896. The molecule has 2 atom stereocenters. The van der Waals surface area contributed by atoms with Gasteiger partial charge in [0, 0.05) is 16.1 Å². The second-order valence-corrected chi connectivity index (χ2v) is 4.48. The van der Waals surface area contributed by atoms with Crippen LogP contribution in [0.1, 0.15) is 25.5 Å². The number of hydrogen-bond donors (Lipinski definition) is 2. The van der Waals surface area contributed by atoms with E-state index in [-0.39, 0.29) is 6.04 Å². The second kappa shape index (κ2) is 5.32. The smallest absolute Gasteiger partial charge is 0.344 e. The van der Waals surface area contributed by atoms with E-state index in [1.807, 2.05) is 19.1 Å². The predicted octanol–water partition coefficient (Wildman–Crippen LogP) is 2.32. The van der Waals surface area contributed by atoms with E-state index in [9.17, 15) is 4.79 Å². The van der Waals surface area contributed by atoms with Gasteiger partial charge in [0.05, 0.1) is 0 Å². The SMILES string of the molecule is CC(Oc1cc(Br)ccc1C(C)N)C(=O)O. The minimum Gasteiger partial charge on any atom is -0.479 e. The number of carboxylic acids is 1. The fourth-order valence-corrected chi connectivity index (χ4v) is 1.57. The van der Waals surface area contributed by atoms with E-state index in [2.05, 4.69) is 15.9 Å². The molecule has 1 aromatic carbocycles. The van der Waals surface area contributed by atoms with Crippen molar-refractivity contribution in [3.8, 4) is 5.75 Å². The highest BCUT2D eigenvalue weighted by Gasteiger charge is 2.16. The van der Waals surface area contributed by atoms with Gasteiger partial charge in [-0.15, -0.1) is 0 Å². The van der Waals surface area contributed by atoms with Gasteiger partial charge in [-0.05, 0) is 26.0 Å². The van der Waals surface area contributed by atoms with Gasteiger partial charge in [0.2, 0.25) is 0 Å². The van der Waals surface area contributed by atoms with Gasteiger partial charge >= 0.3 is 5.97 Å². The average molecular weight is 288 g/mol. The summed E-state index contributed by atoms with van der Waals surface area (Å²) in [5, 5.41) is 8.77. The lowest BCUT2D eigenvalue weighted by Gasteiger charge is -2.16. The second-order valence-electron chi connectivity index (χ2n) is 3.57. The van der Waals surface area contributed by atoms with Crippen molar-refractivity contribution in [2.75, 3.05) is 0 Å². The molecule has 2 unspecified atom stereocenters. The third-order valence-electron chi connectivity index (χ3n) is 2.12. The summed E-state index contributed by atoms with van der Waals surface area (Å²) in [5.41, 5.74) is 6.56. The van der Waals surface area contributed by atoms with Gasteiger partial charge in [0.15, 0.2) is 6.10 Å². The highest BCUT2D eigenvalue weighted by molar-refractivity contribution is 9.10. The highest BCUT2D eigenvalue weighted by Crippen LogP contribution is 2.28. The largest absolute Gasteiger partial charge is 0.479 e. The summed E-state index contributed by atoms with van der Waals surface area (Å²) in [4.78, 5) is 10.7. The van der Waals surface area contributed by atoms with Crippen LogP contribution in [0.25, 0.3) is 0 Å². The van der Waals surface area contributed by atoms with Crippen LogP contribution in [0.5, 0.6) is 5.75 Å². The van der Waals surface area contributed by atoms with Crippen LogP contribution < -0.4 is 10.5 Å². The van der Waals surface area contributed by atoms with E-state index in [1.54, 1.807) is 6.07 Å². The molecule has 1 rings (SSSR count). The third kappa shape index (κ3) is 3.21. The maximum Gasteiger partial charge on any atom is 0.344 e. The number of ether oxygens (including phenoxy) is 1. The quantitative estimate of drug-likeness (QED) is 0.891. The number of hydrogen-bond acceptors (Lipinski definition) is 3. The van der Waals surface area contributed by atoms with E-state index in [0.29, 0.717) is 5.75 Å². The number of carboxylic acid groups (broad SMARTS) is 1. The summed E-state index contributed by atoms with van der Waals surface area (Å²) < 4.78 is 6.16. The normalized spacial score (nSPS) is 14.2. The maximum absolute atomic E-state index is 10.7. The topological polar surface area (TPSA) is 72.5 Å². The number of halogens is 1. The molecule has 16 heavy (non-hydrogen) atoms. The number of benzene rings is 1. The van der Waals surface area contributed by atoms with Crippen molar-refractivity contribution in [1.29, 1.82) is 0 Å². The van der Waals surface area contributed by atoms with Crippen LogP contribution in [-0.4, -0.2) is 17.2 Å². The molecule has 0 aliphatic carbocycles. The van der Waals surface area contributed by atoms with E-state index in [0.717, 1.165) is 10.0 Å². The van der Waals surface area contributed by atoms with Gasteiger partial charge in [-0.2, -0.15) is 0 Å². The fourth-order valence-electron chi connectivity index (χ4n) is 1.23. The van der Waals surface area contributed by atoms with E-state index in [4.69, 9.17) is 15.6 Å². The number of carbonyl (C=O) groups is 1. The molecule has 0 aliphatic rings. The Morgan fingerprint density at radius 1 is 1.50 bits per heavy atom. The molecular formula is C11H14BrNO3. The Kier molecular flexibility index (Phi) is 4.32. The minimum absolute atomic E-state index is 0.205. The molecule has 0 spiro atoms. The van der Waals surface area contributed by atoms with Crippen LogP contribution in [0.15, 0.2) is 22.7 Å². The summed E-state index contributed by atoms with van der Waals surface area (Å²) in [7, 11) is 0. The Hall–Kier alpha value is -1.07. The Labute approximate surface area is 103 Å². The van der Waals surface area contributed by atoms with E-state index >= 15 is 0 Å². The Bertz CT molecular complexity index is 393. The van der Waals surface area contributed by atoms with Crippen molar-refractivity contribution in [2.45, 2.75) is 26.0 Å². The molecule has 0 radical (unpaired) electrons. The van der Waals surface area contributed by atoms with Crippen molar-refractivity contribution in [2.24, 2.45) is 5.73 Å². The van der Waals surface area contributed by atoms with Crippen LogP contribution in [0.2, 0.25) is 0 Å². The molecule has 88 valence electrons. The first-order chi connectivity index (χ1) is 7.41. The first-order valence-corrected chi connectivity index (χ1v) is 5.65. The maximum atomic E-state index is 10.7. The molecule has 0 heterocycles. The van der Waals surface area contributed by atoms with Gasteiger partial charge in [-0.25, -0.2) is 4.79 Å². The average Bonchev–Trinajstić information content (AvgIpc) is 2.16. The number of nitrogens with two attached hydrogens (primary N) is 1. The third-order valence-corrected chi connectivity index (χ3v) is 2.61. The molecule has 0 saturated heterocycles. The van der Waals surface area contributed by atoms with Crippen molar-refractivity contribution < 1.29 is 14.6 Å². The lowest BCUT2D eigenvalue weighted by molar-refractivity contribution is -0.144. The number of rotatable bonds is 4. The Morgan fingerprint density at radius 3 is 2.62 bits per heavy atom. The lowest BCUT2D eigenvalue weighted by Crippen LogP contribution is -2.24. The molecule has 0 amide bonds. The zero-order chi connectivity index (χ0) is 12.3. The van der Waals surface area contributed by atoms with Crippen LogP contribution >= 0.6 is 15.9 Å². The van der Waals surface area contributed by atoms with Crippen LogP contribution in [0, 0.1) is 0 Å². The molecule has 0 aliphatic heterocycles. The van der Waals surface area contributed by atoms with Crippen LogP contribution in [0.3, 0.4) is 0 Å². The molecule has 1 aromatic rings. The molecule has 0 saturated carbocycles. The molecule has 4 nitrogen and oxygen atoms in total. The Balaban J connectivity index is 3.01. The summed E-state index contributed by atoms with van der Waals surface area (Å²) in [5.74, 6) is -0.505. The summed E-state index contributed by atoms with van der Waals surface area (Å²) >= 11 is 3.30. The molecule has 3 N–H and O–H groups in total. The monoisotopic (exact) mass is 287 g/mol. The van der Waals surface area contributed by atoms with Gasteiger partial charge < -0.3 is 15.6 Å². The van der Waals surface area contributed by atoms with Crippen LogP contribution in [0.4, 0.5) is 0 Å². The predicted molar refractivity (Wildman–Crippen MR) is 64.5 cm³/mol. The van der Waals surface area contributed by atoms with Gasteiger partial charge in [0.1, 0.15) is 5.75 Å². The molecular weight excluding hydrogens is 274 g/mol. The molecule has 0 aromatic heterocycles. The van der Waals surface area contributed by atoms with Crippen molar-refractivity contribution in [3.05, 3.63) is 28.2 Å². The molecule has 0 fully saturated rings. The van der Waals surface area contributed by atoms with Crippen molar-refractivity contribution in [3.63, 3.8) is 0 Å². The minimum atomic E-state index is -1.00. The van der Waals surface area contributed by atoms with Gasteiger partial charge in [-0.1, -0.05) is 22.0 Å². The van der Waals surface area contributed by atoms with E-state index < -0.39 is 12.1 Å². The first kappa shape index (κ1) is 13.0.